The maximum Gasteiger partial charge on any atom is 0.264 e. The highest BCUT2D eigenvalue weighted by molar-refractivity contribution is 6.08. The number of amides is 4. The van der Waals surface area contributed by atoms with E-state index in [1.807, 2.05) is 30.3 Å². The summed E-state index contributed by atoms with van der Waals surface area (Å²) in [6.45, 7) is 4.59. The van der Waals surface area contributed by atoms with E-state index >= 15 is 0 Å². The number of benzene rings is 3. The summed E-state index contributed by atoms with van der Waals surface area (Å²) in [7, 11) is 0. The number of carbonyl (C=O) groups excluding carboxylic acids is 4. The van der Waals surface area contributed by atoms with Gasteiger partial charge in [0.1, 0.15) is 12.2 Å². The molecule has 3 aromatic rings. The van der Waals surface area contributed by atoms with E-state index in [2.05, 4.69) is 10.6 Å². The number of rotatable bonds is 14. The molecule has 6 N–H and O–H groups in total. The topological polar surface area (TPSA) is 180 Å². The first-order valence-electron chi connectivity index (χ1n) is 15.7. The van der Waals surface area contributed by atoms with E-state index in [0.29, 0.717) is 23.5 Å². The minimum Gasteiger partial charge on any atom is -0.395 e. The van der Waals surface area contributed by atoms with Crippen LogP contribution in [0.2, 0.25) is 0 Å². The molecule has 254 valence electrons. The minimum atomic E-state index is -2.09. The molecule has 0 aromatic heterocycles. The van der Waals surface area contributed by atoms with Gasteiger partial charge in [-0.15, -0.1) is 0 Å². The lowest BCUT2D eigenvalue weighted by Crippen LogP contribution is -2.44. The van der Waals surface area contributed by atoms with E-state index in [-0.39, 0.29) is 43.3 Å². The predicted molar refractivity (Wildman–Crippen MR) is 180 cm³/mol. The van der Waals surface area contributed by atoms with Gasteiger partial charge >= 0.3 is 0 Å². The molecule has 0 bridgehead atoms. The SMILES string of the molecule is C[C@H](O)C(=O)Nc1cccc(CN2C(=O)[C@@](O)([C@@H](C)/C=C/CC(=O)N(CCO)Cc3ccccc3)c3cc(NC(=O)[C@H](C)O)ccc32)c1. The van der Waals surface area contributed by atoms with Crippen LogP contribution < -0.4 is 15.5 Å². The second kappa shape index (κ2) is 15.8. The third-order valence-electron chi connectivity index (χ3n) is 8.15. The van der Waals surface area contributed by atoms with E-state index < -0.39 is 41.4 Å². The number of hydrogen-bond acceptors (Lipinski definition) is 8. The van der Waals surface area contributed by atoms with E-state index in [1.54, 1.807) is 55.5 Å². The van der Waals surface area contributed by atoms with Crippen LogP contribution in [0.1, 0.15) is 43.9 Å². The molecule has 4 atom stereocenters. The van der Waals surface area contributed by atoms with Crippen LogP contribution in [0.3, 0.4) is 0 Å². The normalized spacial score (nSPS) is 17.5. The zero-order valence-electron chi connectivity index (χ0n) is 27.2. The van der Waals surface area contributed by atoms with Gasteiger partial charge in [-0.25, -0.2) is 0 Å². The molecule has 0 saturated heterocycles. The Morgan fingerprint density at radius 1 is 0.875 bits per heavy atom. The van der Waals surface area contributed by atoms with Crippen molar-refractivity contribution in [3.63, 3.8) is 0 Å². The summed E-state index contributed by atoms with van der Waals surface area (Å²) in [6, 6.07) is 20.8. The molecule has 0 radical (unpaired) electrons. The molecular weight excluding hydrogens is 616 g/mol. The van der Waals surface area contributed by atoms with Gasteiger partial charge in [0.25, 0.3) is 17.7 Å². The van der Waals surface area contributed by atoms with E-state index in [0.717, 1.165) is 5.56 Å². The average molecular weight is 659 g/mol. The van der Waals surface area contributed by atoms with Crippen molar-refractivity contribution in [1.82, 2.24) is 4.90 Å². The number of carbonyl (C=O) groups is 4. The van der Waals surface area contributed by atoms with E-state index in [1.165, 1.54) is 29.7 Å². The molecule has 4 rings (SSSR count). The van der Waals surface area contributed by atoms with Crippen LogP contribution in [0.15, 0.2) is 84.9 Å². The predicted octanol–water partition coefficient (Wildman–Crippen LogP) is 2.66. The molecule has 0 unspecified atom stereocenters. The standard InChI is InChI=1S/C36H42N4O8/c1-23(9-7-14-32(44)39(17-18-41)21-26-10-5-4-6-11-26)36(48)30-20-29(38-34(46)25(3)43)15-16-31(30)40(35(36)47)22-27-12-8-13-28(19-27)37-33(45)24(2)42/h4-13,15-16,19-20,23-25,41-43,48H,14,17-18,21-22H2,1-3H3,(H,37,45)(H,38,46)/b9-7+/t23-,24-,25-,36+/m0/s1. The Labute approximate surface area is 279 Å². The number of nitrogens with zero attached hydrogens (tertiary/aromatic N) is 2. The molecule has 0 fully saturated rings. The molecule has 0 spiro atoms. The van der Waals surface area contributed by atoms with Crippen molar-refractivity contribution >= 4 is 40.7 Å². The van der Waals surface area contributed by atoms with Crippen molar-refractivity contribution in [1.29, 1.82) is 0 Å². The molecule has 1 aliphatic heterocycles. The molecule has 0 aliphatic carbocycles. The van der Waals surface area contributed by atoms with Crippen LogP contribution >= 0.6 is 0 Å². The van der Waals surface area contributed by atoms with Crippen molar-refractivity contribution < 1.29 is 39.6 Å². The summed E-state index contributed by atoms with van der Waals surface area (Å²) in [5.74, 6) is -2.96. The first kappa shape index (κ1) is 36.0. The number of hydrogen-bond donors (Lipinski definition) is 6. The molecule has 1 aliphatic rings. The maximum atomic E-state index is 14.1. The van der Waals surface area contributed by atoms with Crippen molar-refractivity contribution in [3.8, 4) is 0 Å². The quantitative estimate of drug-likeness (QED) is 0.143. The van der Waals surface area contributed by atoms with Gasteiger partial charge in [-0.3, -0.25) is 19.2 Å². The molecule has 4 amide bonds. The lowest BCUT2D eigenvalue weighted by Gasteiger charge is -2.28. The number of fused-ring (bicyclic) bond motifs is 1. The van der Waals surface area contributed by atoms with Crippen molar-refractivity contribution in [3.05, 3.63) is 102 Å². The number of aliphatic hydroxyl groups is 4. The zero-order valence-corrected chi connectivity index (χ0v) is 27.2. The summed E-state index contributed by atoms with van der Waals surface area (Å²) in [5.41, 5.74) is 0.752. The average Bonchev–Trinajstić information content (AvgIpc) is 3.27. The zero-order chi connectivity index (χ0) is 35.0. The van der Waals surface area contributed by atoms with E-state index in [4.69, 9.17) is 0 Å². The van der Waals surface area contributed by atoms with Gasteiger partial charge in [-0.1, -0.05) is 61.5 Å². The van der Waals surface area contributed by atoms with Gasteiger partial charge in [0.15, 0.2) is 5.60 Å². The Hall–Kier alpha value is -4.88. The van der Waals surface area contributed by atoms with Crippen LogP contribution in [0.25, 0.3) is 0 Å². The number of aliphatic hydroxyl groups excluding tert-OH is 3. The fourth-order valence-electron chi connectivity index (χ4n) is 5.46. The molecule has 48 heavy (non-hydrogen) atoms. The number of anilines is 3. The van der Waals surface area contributed by atoms with Crippen molar-refractivity contribution in [2.75, 3.05) is 28.7 Å². The first-order chi connectivity index (χ1) is 22.8. The Morgan fingerprint density at radius 3 is 2.12 bits per heavy atom. The minimum absolute atomic E-state index is 0.0242. The van der Waals surface area contributed by atoms with Gasteiger partial charge in [0.05, 0.1) is 18.8 Å². The Bertz CT molecular complexity index is 1660. The molecule has 1 heterocycles. The van der Waals surface area contributed by atoms with Crippen molar-refractivity contribution in [2.45, 2.75) is 58.1 Å². The second-order valence-corrected chi connectivity index (χ2v) is 11.9. The Morgan fingerprint density at radius 2 is 1.50 bits per heavy atom. The van der Waals surface area contributed by atoms with Gasteiger partial charge < -0.3 is 40.9 Å². The van der Waals surface area contributed by atoms with Crippen LogP contribution in [0, 0.1) is 5.92 Å². The van der Waals surface area contributed by atoms with Crippen LogP contribution in [-0.4, -0.2) is 74.3 Å². The molecule has 12 nitrogen and oxygen atoms in total. The van der Waals surface area contributed by atoms with Crippen molar-refractivity contribution in [2.24, 2.45) is 5.92 Å². The molecular formula is C36H42N4O8. The van der Waals surface area contributed by atoms with Crippen LogP contribution in [0.5, 0.6) is 0 Å². The molecule has 12 heteroatoms. The van der Waals surface area contributed by atoms with Gasteiger partial charge in [0.2, 0.25) is 5.91 Å². The second-order valence-electron chi connectivity index (χ2n) is 11.9. The lowest BCUT2D eigenvalue weighted by atomic mass is 9.82. The summed E-state index contributed by atoms with van der Waals surface area (Å²) in [6.07, 6.45) is 0.640. The lowest BCUT2D eigenvalue weighted by molar-refractivity contribution is -0.139. The maximum absolute atomic E-state index is 14.1. The Kier molecular flexibility index (Phi) is 11.8. The highest BCUT2D eigenvalue weighted by atomic mass is 16.3. The first-order valence-corrected chi connectivity index (χ1v) is 15.7. The monoisotopic (exact) mass is 658 g/mol. The van der Waals surface area contributed by atoms with Gasteiger partial charge in [0, 0.05) is 42.4 Å². The largest absolute Gasteiger partial charge is 0.395 e. The highest BCUT2D eigenvalue weighted by Crippen LogP contribution is 2.47. The molecule has 3 aromatic carbocycles. The summed E-state index contributed by atoms with van der Waals surface area (Å²) in [4.78, 5) is 54.4. The smallest absolute Gasteiger partial charge is 0.264 e. The third kappa shape index (κ3) is 8.33. The third-order valence-corrected chi connectivity index (χ3v) is 8.15. The number of nitrogens with one attached hydrogen (secondary N) is 2. The fraction of sp³-hybridized carbons (Fsp3) is 0.333. The summed E-state index contributed by atoms with van der Waals surface area (Å²) >= 11 is 0. The van der Waals surface area contributed by atoms with Crippen LogP contribution in [0.4, 0.5) is 17.1 Å². The van der Waals surface area contributed by atoms with Gasteiger partial charge in [-0.2, -0.15) is 0 Å². The Balaban J connectivity index is 1.61. The highest BCUT2D eigenvalue weighted by Gasteiger charge is 2.52. The molecule has 0 saturated carbocycles. The van der Waals surface area contributed by atoms with E-state index in [9.17, 15) is 39.6 Å². The summed E-state index contributed by atoms with van der Waals surface area (Å²) < 4.78 is 0. The summed E-state index contributed by atoms with van der Waals surface area (Å²) in [5, 5.41) is 46.2. The van der Waals surface area contributed by atoms with Gasteiger partial charge in [-0.05, 0) is 55.3 Å². The van der Waals surface area contributed by atoms with Crippen LogP contribution in [-0.2, 0) is 37.9 Å². The fourth-order valence-corrected chi connectivity index (χ4v) is 5.46.